The van der Waals surface area contributed by atoms with E-state index in [2.05, 4.69) is 0 Å². The standard InChI is InChI=1S/C9H13NO4S2/c1-3-5-10(2)16(13,14)7-4-6-15-8(7)9(11)12/h4,6H,3,5H2,1-2H3,(H,11,12). The number of carbonyl (C=O) groups is 1. The van der Waals surface area contributed by atoms with Gasteiger partial charge in [-0.1, -0.05) is 6.92 Å². The molecule has 0 bridgehead atoms. The second-order valence-corrected chi connectivity index (χ2v) is 6.18. The van der Waals surface area contributed by atoms with Gasteiger partial charge in [0.25, 0.3) is 0 Å². The highest BCUT2D eigenvalue weighted by Gasteiger charge is 2.27. The minimum absolute atomic E-state index is 0.124. The zero-order valence-electron chi connectivity index (χ0n) is 9.00. The Morgan fingerprint density at radius 1 is 1.56 bits per heavy atom. The second kappa shape index (κ2) is 4.94. The highest BCUT2D eigenvalue weighted by Crippen LogP contribution is 2.24. The summed E-state index contributed by atoms with van der Waals surface area (Å²) in [5.41, 5.74) is 0. The molecule has 0 saturated carbocycles. The van der Waals surface area contributed by atoms with Gasteiger partial charge in [0.1, 0.15) is 9.77 Å². The number of sulfonamides is 1. The zero-order valence-corrected chi connectivity index (χ0v) is 10.6. The summed E-state index contributed by atoms with van der Waals surface area (Å²) in [5, 5.41) is 10.3. The average molecular weight is 263 g/mol. The lowest BCUT2D eigenvalue weighted by Gasteiger charge is -2.15. The summed E-state index contributed by atoms with van der Waals surface area (Å²) in [6.45, 7) is 2.23. The van der Waals surface area contributed by atoms with Crippen molar-refractivity contribution in [1.82, 2.24) is 4.31 Å². The SMILES string of the molecule is CCCN(C)S(=O)(=O)c1ccsc1C(=O)O. The zero-order chi connectivity index (χ0) is 12.3. The summed E-state index contributed by atoms with van der Waals surface area (Å²) in [6.07, 6.45) is 0.683. The van der Waals surface area contributed by atoms with Crippen molar-refractivity contribution in [2.24, 2.45) is 0 Å². The third kappa shape index (κ3) is 2.42. The van der Waals surface area contributed by atoms with Crippen molar-refractivity contribution >= 4 is 27.3 Å². The lowest BCUT2D eigenvalue weighted by molar-refractivity contribution is 0.0698. The Morgan fingerprint density at radius 3 is 2.69 bits per heavy atom. The molecule has 0 aliphatic rings. The smallest absolute Gasteiger partial charge is 0.347 e. The Morgan fingerprint density at radius 2 is 2.19 bits per heavy atom. The van der Waals surface area contributed by atoms with E-state index in [1.54, 1.807) is 0 Å². The normalized spacial score (nSPS) is 11.9. The molecule has 0 spiro atoms. The molecule has 0 aliphatic heterocycles. The summed E-state index contributed by atoms with van der Waals surface area (Å²) < 4.78 is 25.1. The fraction of sp³-hybridized carbons (Fsp3) is 0.444. The molecule has 1 rings (SSSR count). The van der Waals surface area contributed by atoms with Crippen LogP contribution in [0.1, 0.15) is 23.0 Å². The summed E-state index contributed by atoms with van der Waals surface area (Å²) in [7, 11) is -2.22. The van der Waals surface area contributed by atoms with Gasteiger partial charge in [-0.05, 0) is 17.9 Å². The summed E-state index contributed by atoms with van der Waals surface area (Å²) in [5.74, 6) is -1.21. The van der Waals surface area contributed by atoms with Crippen LogP contribution >= 0.6 is 11.3 Å². The lowest BCUT2D eigenvalue weighted by Crippen LogP contribution is -2.28. The number of thiophene rings is 1. The van der Waals surface area contributed by atoms with Crippen LogP contribution in [-0.2, 0) is 10.0 Å². The van der Waals surface area contributed by atoms with Gasteiger partial charge in [0.2, 0.25) is 10.0 Å². The van der Waals surface area contributed by atoms with Crippen molar-refractivity contribution in [3.05, 3.63) is 16.3 Å². The number of aromatic carboxylic acids is 1. The maximum atomic E-state index is 12.0. The Hall–Kier alpha value is -0.920. The maximum absolute atomic E-state index is 12.0. The molecule has 5 nitrogen and oxygen atoms in total. The summed E-state index contributed by atoms with van der Waals surface area (Å²) >= 11 is 0.915. The molecule has 7 heteroatoms. The van der Waals surface area contributed by atoms with Crippen LogP contribution in [0.3, 0.4) is 0 Å². The predicted octanol–water partition coefficient (Wildman–Crippen LogP) is 1.48. The third-order valence-corrected chi connectivity index (χ3v) is 4.98. The highest BCUT2D eigenvalue weighted by atomic mass is 32.2. The van der Waals surface area contributed by atoms with E-state index in [0.717, 1.165) is 11.3 Å². The number of hydrogen-bond donors (Lipinski definition) is 1. The molecule has 0 unspecified atom stereocenters. The topological polar surface area (TPSA) is 74.7 Å². The molecule has 0 aromatic carbocycles. The van der Waals surface area contributed by atoms with Gasteiger partial charge in [-0.15, -0.1) is 11.3 Å². The van der Waals surface area contributed by atoms with Crippen LogP contribution in [0.25, 0.3) is 0 Å². The van der Waals surface area contributed by atoms with Gasteiger partial charge >= 0.3 is 5.97 Å². The maximum Gasteiger partial charge on any atom is 0.347 e. The first-order valence-corrected chi connectivity index (χ1v) is 7.00. The molecule has 1 heterocycles. The molecule has 0 atom stereocenters. The van der Waals surface area contributed by atoms with E-state index in [1.807, 2.05) is 6.92 Å². The van der Waals surface area contributed by atoms with Crippen molar-refractivity contribution in [3.63, 3.8) is 0 Å². The van der Waals surface area contributed by atoms with Gasteiger partial charge in [0.15, 0.2) is 0 Å². The van der Waals surface area contributed by atoms with Gasteiger partial charge in [0, 0.05) is 13.6 Å². The minimum Gasteiger partial charge on any atom is -0.477 e. The molecule has 0 fully saturated rings. The summed E-state index contributed by atoms with van der Waals surface area (Å²) in [6, 6.07) is 1.33. The molecule has 16 heavy (non-hydrogen) atoms. The van der Waals surface area contributed by atoms with Crippen LogP contribution in [0.5, 0.6) is 0 Å². The molecular weight excluding hydrogens is 250 g/mol. The average Bonchev–Trinajstić information content (AvgIpc) is 2.66. The van der Waals surface area contributed by atoms with Crippen molar-refractivity contribution in [3.8, 4) is 0 Å². The first-order valence-electron chi connectivity index (χ1n) is 4.68. The Kier molecular flexibility index (Phi) is 4.06. The van der Waals surface area contributed by atoms with Crippen molar-refractivity contribution in [2.45, 2.75) is 18.2 Å². The van der Waals surface area contributed by atoms with Crippen molar-refractivity contribution in [2.75, 3.05) is 13.6 Å². The largest absolute Gasteiger partial charge is 0.477 e. The van der Waals surface area contributed by atoms with E-state index in [9.17, 15) is 13.2 Å². The van der Waals surface area contributed by atoms with Crippen LogP contribution in [0.15, 0.2) is 16.3 Å². The van der Waals surface area contributed by atoms with Crippen LogP contribution in [-0.4, -0.2) is 37.4 Å². The van der Waals surface area contributed by atoms with Gasteiger partial charge in [-0.3, -0.25) is 0 Å². The molecule has 0 saturated heterocycles. The molecule has 0 amide bonds. The number of carboxylic acid groups (broad SMARTS) is 1. The number of rotatable bonds is 5. The van der Waals surface area contributed by atoms with E-state index in [-0.39, 0.29) is 9.77 Å². The van der Waals surface area contributed by atoms with E-state index < -0.39 is 16.0 Å². The van der Waals surface area contributed by atoms with Gasteiger partial charge < -0.3 is 5.11 Å². The second-order valence-electron chi connectivity index (χ2n) is 3.25. The molecule has 90 valence electrons. The van der Waals surface area contributed by atoms with Crippen LogP contribution in [0.2, 0.25) is 0 Å². The molecule has 0 radical (unpaired) electrons. The lowest BCUT2D eigenvalue weighted by atomic mass is 10.5. The van der Waals surface area contributed by atoms with Crippen molar-refractivity contribution in [1.29, 1.82) is 0 Å². The van der Waals surface area contributed by atoms with E-state index in [0.29, 0.717) is 13.0 Å². The van der Waals surface area contributed by atoms with E-state index >= 15 is 0 Å². The first kappa shape index (κ1) is 13.1. The van der Waals surface area contributed by atoms with E-state index in [4.69, 9.17) is 5.11 Å². The summed E-state index contributed by atoms with van der Waals surface area (Å²) in [4.78, 5) is 10.6. The molecule has 1 N–H and O–H groups in total. The van der Waals surface area contributed by atoms with E-state index in [1.165, 1.54) is 22.8 Å². The molecule has 1 aromatic heterocycles. The Bertz CT molecular complexity index is 477. The predicted molar refractivity (Wildman–Crippen MR) is 61.4 cm³/mol. The fourth-order valence-corrected chi connectivity index (χ4v) is 3.75. The third-order valence-electron chi connectivity index (χ3n) is 2.05. The van der Waals surface area contributed by atoms with Gasteiger partial charge in [0.05, 0.1) is 0 Å². The number of carboxylic acids is 1. The quantitative estimate of drug-likeness (QED) is 0.873. The highest BCUT2D eigenvalue weighted by molar-refractivity contribution is 7.89. The molecule has 0 aliphatic carbocycles. The van der Waals surface area contributed by atoms with Crippen LogP contribution < -0.4 is 0 Å². The number of hydrogen-bond acceptors (Lipinski definition) is 4. The first-order chi connectivity index (χ1) is 7.41. The number of nitrogens with zero attached hydrogens (tertiary/aromatic N) is 1. The fourth-order valence-electron chi connectivity index (χ4n) is 1.26. The minimum atomic E-state index is -3.67. The monoisotopic (exact) mass is 263 g/mol. The Labute approximate surface area is 98.4 Å². The van der Waals surface area contributed by atoms with Gasteiger partial charge in [-0.2, -0.15) is 0 Å². The molecule has 1 aromatic rings. The van der Waals surface area contributed by atoms with Crippen LogP contribution in [0.4, 0.5) is 0 Å². The molecular formula is C9H13NO4S2. The van der Waals surface area contributed by atoms with Gasteiger partial charge in [-0.25, -0.2) is 17.5 Å². The van der Waals surface area contributed by atoms with Crippen LogP contribution in [0, 0.1) is 0 Å². The Balaban J connectivity index is 3.17. The van der Waals surface area contributed by atoms with Crippen molar-refractivity contribution < 1.29 is 18.3 Å².